The predicted octanol–water partition coefficient (Wildman–Crippen LogP) is 4.58. The number of thioether (sulfide) groups is 1. The topological polar surface area (TPSA) is 46.2 Å². The fraction of sp³-hybridized carbons (Fsp3) is 0.500. The largest absolute Gasteiger partial charge is 0.317 e. The average Bonchev–Trinajstić information content (AvgIpc) is 2.41. The molecule has 4 heteroatoms. The van der Waals surface area contributed by atoms with Gasteiger partial charge in [0.1, 0.15) is 5.78 Å². The Morgan fingerprint density at radius 1 is 1.20 bits per heavy atom. The molecule has 0 aliphatic rings. The fourth-order valence-electron chi connectivity index (χ4n) is 2.12. The first-order valence-corrected chi connectivity index (χ1v) is 8.20. The van der Waals surface area contributed by atoms with Gasteiger partial charge in [0.15, 0.2) is 0 Å². The van der Waals surface area contributed by atoms with E-state index in [1.165, 1.54) is 17.3 Å². The Kier molecular flexibility index (Phi) is 7.37. The Morgan fingerprint density at radius 3 is 2.60 bits per heavy atom. The van der Waals surface area contributed by atoms with Crippen molar-refractivity contribution >= 4 is 28.5 Å². The highest BCUT2D eigenvalue weighted by molar-refractivity contribution is 8.13. The SMILES string of the molecule is CSC(=O)Nc1cccc(CCCCCC(C)=O)c1C. The number of hydrogen-bond donors (Lipinski definition) is 1. The second kappa shape index (κ2) is 8.80. The van der Waals surface area contributed by atoms with Crippen molar-refractivity contribution in [3.63, 3.8) is 0 Å². The Labute approximate surface area is 125 Å². The molecule has 0 aromatic heterocycles. The van der Waals surface area contributed by atoms with Gasteiger partial charge in [0, 0.05) is 12.1 Å². The van der Waals surface area contributed by atoms with Crippen molar-refractivity contribution in [2.24, 2.45) is 0 Å². The third kappa shape index (κ3) is 5.78. The highest BCUT2D eigenvalue weighted by Crippen LogP contribution is 2.22. The van der Waals surface area contributed by atoms with Gasteiger partial charge in [0.2, 0.25) is 0 Å². The normalized spacial score (nSPS) is 10.3. The summed E-state index contributed by atoms with van der Waals surface area (Å²) >= 11 is 1.18. The standard InChI is InChI=1S/C16H23NO2S/c1-12(18)8-5-4-6-9-14-10-7-11-15(13(14)2)17-16(19)20-3/h7,10-11H,4-6,8-9H2,1-3H3,(H,17,19). The summed E-state index contributed by atoms with van der Waals surface area (Å²) in [7, 11) is 0. The van der Waals surface area contributed by atoms with Crippen LogP contribution in [-0.2, 0) is 11.2 Å². The van der Waals surface area contributed by atoms with Gasteiger partial charge >= 0.3 is 0 Å². The zero-order chi connectivity index (χ0) is 15.0. The molecule has 0 fully saturated rings. The molecule has 1 aromatic carbocycles. The maximum atomic E-state index is 11.4. The molecule has 1 amide bonds. The monoisotopic (exact) mass is 293 g/mol. The third-order valence-corrected chi connectivity index (χ3v) is 3.82. The van der Waals surface area contributed by atoms with Gasteiger partial charge in [0.25, 0.3) is 5.24 Å². The van der Waals surface area contributed by atoms with Crippen LogP contribution < -0.4 is 5.32 Å². The molecule has 20 heavy (non-hydrogen) atoms. The summed E-state index contributed by atoms with van der Waals surface area (Å²) in [6.07, 6.45) is 6.56. The molecule has 0 aliphatic carbocycles. The van der Waals surface area contributed by atoms with E-state index in [9.17, 15) is 9.59 Å². The van der Waals surface area contributed by atoms with E-state index < -0.39 is 0 Å². The number of Topliss-reactive ketones (excluding diaryl/α,β-unsaturated/α-hetero) is 1. The van der Waals surface area contributed by atoms with Gasteiger partial charge in [-0.05, 0) is 56.6 Å². The number of amides is 1. The zero-order valence-electron chi connectivity index (χ0n) is 12.5. The Balaban J connectivity index is 2.51. The maximum absolute atomic E-state index is 11.4. The minimum Gasteiger partial charge on any atom is -0.317 e. The van der Waals surface area contributed by atoms with E-state index in [2.05, 4.69) is 11.4 Å². The number of rotatable bonds is 7. The Morgan fingerprint density at radius 2 is 1.95 bits per heavy atom. The van der Waals surface area contributed by atoms with E-state index in [1.807, 2.05) is 19.1 Å². The molecule has 0 atom stereocenters. The third-order valence-electron chi connectivity index (χ3n) is 3.34. The molecule has 0 spiro atoms. The predicted molar refractivity (Wildman–Crippen MR) is 86.6 cm³/mol. The van der Waals surface area contributed by atoms with Gasteiger partial charge in [-0.2, -0.15) is 0 Å². The number of carbonyl (C=O) groups is 2. The van der Waals surface area contributed by atoms with E-state index in [-0.39, 0.29) is 11.0 Å². The second-order valence-corrected chi connectivity index (χ2v) is 5.75. The fourth-order valence-corrected chi connectivity index (χ4v) is 2.33. The van der Waals surface area contributed by atoms with Crippen LogP contribution in [0.5, 0.6) is 0 Å². The van der Waals surface area contributed by atoms with E-state index in [4.69, 9.17) is 0 Å². The van der Waals surface area contributed by atoms with Crippen LogP contribution in [0.15, 0.2) is 18.2 Å². The molecule has 1 aromatic rings. The van der Waals surface area contributed by atoms with Crippen LogP contribution in [0.25, 0.3) is 0 Å². The number of unbranched alkanes of at least 4 members (excludes halogenated alkanes) is 2. The zero-order valence-corrected chi connectivity index (χ0v) is 13.3. The second-order valence-electron chi connectivity index (χ2n) is 4.97. The first-order chi connectivity index (χ1) is 9.54. The number of benzene rings is 1. The molecule has 3 nitrogen and oxygen atoms in total. The lowest BCUT2D eigenvalue weighted by molar-refractivity contribution is -0.117. The minimum absolute atomic E-state index is 0.0355. The minimum atomic E-state index is -0.0355. The van der Waals surface area contributed by atoms with Crippen molar-refractivity contribution in [1.29, 1.82) is 0 Å². The molecular formula is C16H23NO2S. The molecule has 110 valence electrons. The maximum Gasteiger partial charge on any atom is 0.283 e. The van der Waals surface area contributed by atoms with E-state index >= 15 is 0 Å². The van der Waals surface area contributed by atoms with Crippen molar-refractivity contribution in [3.8, 4) is 0 Å². The van der Waals surface area contributed by atoms with Gasteiger partial charge in [-0.3, -0.25) is 4.79 Å². The summed E-state index contributed by atoms with van der Waals surface area (Å²) in [5.41, 5.74) is 3.30. The molecule has 0 bridgehead atoms. The van der Waals surface area contributed by atoms with Crippen LogP contribution in [0.1, 0.15) is 43.7 Å². The molecule has 0 saturated heterocycles. The highest BCUT2D eigenvalue weighted by Gasteiger charge is 2.06. The number of aryl methyl sites for hydroxylation is 1. The first-order valence-electron chi connectivity index (χ1n) is 6.97. The molecule has 0 aliphatic heterocycles. The lowest BCUT2D eigenvalue weighted by atomic mass is 10.00. The lowest BCUT2D eigenvalue weighted by Gasteiger charge is -2.11. The van der Waals surface area contributed by atoms with Crippen molar-refractivity contribution in [2.75, 3.05) is 11.6 Å². The summed E-state index contributed by atoms with van der Waals surface area (Å²) in [6.45, 7) is 3.68. The van der Waals surface area contributed by atoms with Gasteiger partial charge in [-0.15, -0.1) is 0 Å². The first kappa shape index (κ1) is 16.8. The summed E-state index contributed by atoms with van der Waals surface area (Å²) in [5.74, 6) is 0.267. The number of ketones is 1. The van der Waals surface area contributed by atoms with Crippen molar-refractivity contribution in [3.05, 3.63) is 29.3 Å². The van der Waals surface area contributed by atoms with Crippen LogP contribution in [-0.4, -0.2) is 17.3 Å². The molecule has 0 saturated carbocycles. The molecule has 1 N–H and O–H groups in total. The summed E-state index contributed by atoms with van der Waals surface area (Å²) in [4.78, 5) is 22.3. The highest BCUT2D eigenvalue weighted by atomic mass is 32.2. The summed E-state index contributed by atoms with van der Waals surface area (Å²) in [5, 5.41) is 2.86. The van der Waals surface area contributed by atoms with Crippen LogP contribution in [0.3, 0.4) is 0 Å². The number of anilines is 1. The van der Waals surface area contributed by atoms with Gasteiger partial charge in [0.05, 0.1) is 0 Å². The molecule has 1 rings (SSSR count). The molecule has 0 radical (unpaired) electrons. The Bertz CT molecular complexity index is 472. The Hall–Kier alpha value is -1.29. The van der Waals surface area contributed by atoms with Crippen LogP contribution in [0.2, 0.25) is 0 Å². The van der Waals surface area contributed by atoms with Crippen LogP contribution >= 0.6 is 11.8 Å². The number of hydrogen-bond acceptors (Lipinski definition) is 3. The van der Waals surface area contributed by atoms with Gasteiger partial charge in [-0.25, -0.2) is 0 Å². The molecule has 0 heterocycles. The van der Waals surface area contributed by atoms with Gasteiger partial charge < -0.3 is 10.1 Å². The quantitative estimate of drug-likeness (QED) is 0.748. The van der Waals surface area contributed by atoms with Gasteiger partial charge in [-0.1, -0.05) is 30.3 Å². The van der Waals surface area contributed by atoms with Crippen molar-refractivity contribution < 1.29 is 9.59 Å². The van der Waals surface area contributed by atoms with E-state index in [1.54, 1.807) is 13.2 Å². The smallest absolute Gasteiger partial charge is 0.283 e. The molecule has 0 unspecified atom stereocenters. The van der Waals surface area contributed by atoms with E-state index in [0.29, 0.717) is 6.42 Å². The summed E-state index contributed by atoms with van der Waals surface area (Å²) in [6, 6.07) is 6.02. The van der Waals surface area contributed by atoms with Crippen molar-refractivity contribution in [1.82, 2.24) is 0 Å². The summed E-state index contributed by atoms with van der Waals surface area (Å²) < 4.78 is 0. The number of carbonyl (C=O) groups excluding carboxylic acids is 2. The van der Waals surface area contributed by atoms with E-state index in [0.717, 1.165) is 36.9 Å². The van der Waals surface area contributed by atoms with Crippen molar-refractivity contribution in [2.45, 2.75) is 46.0 Å². The number of nitrogens with one attached hydrogen (secondary N) is 1. The molecular weight excluding hydrogens is 270 g/mol. The average molecular weight is 293 g/mol. The van der Waals surface area contributed by atoms with Crippen LogP contribution in [0, 0.1) is 6.92 Å². The lowest BCUT2D eigenvalue weighted by Crippen LogP contribution is -2.06. The van der Waals surface area contributed by atoms with Crippen LogP contribution in [0.4, 0.5) is 10.5 Å².